The monoisotopic (exact) mass is 141 g/mol. The van der Waals surface area contributed by atoms with Gasteiger partial charge in [0.2, 0.25) is 0 Å². The molecule has 1 atom stereocenters. The number of ketones is 1. The van der Waals surface area contributed by atoms with Crippen molar-refractivity contribution in [3.8, 4) is 0 Å². The fourth-order valence-electron chi connectivity index (χ4n) is 0.854. The normalized spacial score (nSPS) is 23.8. The summed E-state index contributed by atoms with van der Waals surface area (Å²) in [4.78, 5) is 15.6. The first-order valence-electron chi connectivity index (χ1n) is 3.46. The molecule has 0 spiro atoms. The van der Waals surface area contributed by atoms with Gasteiger partial charge in [-0.2, -0.15) is 0 Å². The minimum Gasteiger partial charge on any atom is -0.384 e. The van der Waals surface area contributed by atoms with Crippen LogP contribution in [0.4, 0.5) is 0 Å². The van der Waals surface area contributed by atoms with Gasteiger partial charge in [-0.25, -0.2) is 0 Å². The van der Waals surface area contributed by atoms with Crippen molar-refractivity contribution in [1.82, 2.24) is 0 Å². The van der Waals surface area contributed by atoms with E-state index in [-0.39, 0.29) is 11.9 Å². The number of carbonyl (C=O) groups is 1. The van der Waals surface area contributed by atoms with E-state index in [1.165, 1.54) is 6.92 Å². The fraction of sp³-hybridized carbons (Fsp3) is 0.714. The summed E-state index contributed by atoms with van der Waals surface area (Å²) in [6.45, 7) is 3.53. The number of Topliss-reactive ketones (excluding diaryl/α,β-unsaturated/α-hetero) is 1. The van der Waals surface area contributed by atoms with E-state index in [9.17, 15) is 4.79 Å². The highest BCUT2D eigenvalue weighted by atomic mass is 16.6. The van der Waals surface area contributed by atoms with Crippen molar-refractivity contribution < 1.29 is 9.63 Å². The smallest absolute Gasteiger partial charge is 0.190 e. The summed E-state index contributed by atoms with van der Waals surface area (Å²) in [6.07, 6.45) is 1.27. The van der Waals surface area contributed by atoms with E-state index in [0.29, 0.717) is 6.42 Å². The average molecular weight is 141 g/mol. The average Bonchev–Trinajstić information content (AvgIpc) is 2.34. The third-order valence-corrected chi connectivity index (χ3v) is 1.59. The Labute approximate surface area is 60.0 Å². The van der Waals surface area contributed by atoms with E-state index in [1.54, 1.807) is 0 Å². The highest BCUT2D eigenvalue weighted by molar-refractivity contribution is 5.92. The molecular formula is C7H11NO2. The topological polar surface area (TPSA) is 38.7 Å². The largest absolute Gasteiger partial charge is 0.384 e. The van der Waals surface area contributed by atoms with Crippen molar-refractivity contribution in [3.63, 3.8) is 0 Å². The molecule has 0 aliphatic carbocycles. The summed E-state index contributed by atoms with van der Waals surface area (Å²) < 4.78 is 0. The van der Waals surface area contributed by atoms with Crippen LogP contribution >= 0.6 is 0 Å². The maximum atomic E-state index is 10.7. The van der Waals surface area contributed by atoms with Crippen LogP contribution < -0.4 is 0 Å². The predicted octanol–water partition coefficient (Wildman–Crippen LogP) is 1.13. The Hall–Kier alpha value is -0.860. The molecule has 1 rings (SSSR count). The number of hydrogen-bond acceptors (Lipinski definition) is 3. The van der Waals surface area contributed by atoms with Gasteiger partial charge in [0.05, 0.1) is 5.71 Å². The van der Waals surface area contributed by atoms with Gasteiger partial charge in [0.25, 0.3) is 0 Å². The zero-order chi connectivity index (χ0) is 7.56. The lowest BCUT2D eigenvalue weighted by Gasteiger charge is -2.00. The van der Waals surface area contributed by atoms with Crippen LogP contribution in [0.15, 0.2) is 5.16 Å². The molecule has 1 aliphatic rings. The molecule has 0 aromatic heterocycles. The Bertz CT molecular complexity index is 174. The van der Waals surface area contributed by atoms with Gasteiger partial charge in [0.15, 0.2) is 11.9 Å². The Morgan fingerprint density at radius 2 is 2.60 bits per heavy atom. The molecule has 3 heteroatoms. The van der Waals surface area contributed by atoms with E-state index in [0.717, 1.165) is 12.1 Å². The lowest BCUT2D eigenvalue weighted by Crippen LogP contribution is -2.16. The zero-order valence-corrected chi connectivity index (χ0v) is 6.26. The van der Waals surface area contributed by atoms with Crippen LogP contribution in [0.5, 0.6) is 0 Å². The molecular weight excluding hydrogens is 130 g/mol. The van der Waals surface area contributed by atoms with E-state index >= 15 is 0 Å². The summed E-state index contributed by atoms with van der Waals surface area (Å²) in [5, 5.41) is 3.75. The minimum atomic E-state index is -0.296. The summed E-state index contributed by atoms with van der Waals surface area (Å²) in [5.41, 5.74) is 0.986. The van der Waals surface area contributed by atoms with Crippen LogP contribution in [0.3, 0.4) is 0 Å². The molecule has 0 radical (unpaired) electrons. The van der Waals surface area contributed by atoms with Gasteiger partial charge in [0, 0.05) is 6.42 Å². The summed E-state index contributed by atoms with van der Waals surface area (Å²) in [7, 11) is 0. The maximum absolute atomic E-state index is 10.7. The van der Waals surface area contributed by atoms with Gasteiger partial charge in [-0.05, 0) is 13.3 Å². The van der Waals surface area contributed by atoms with Gasteiger partial charge in [0.1, 0.15) is 0 Å². The number of oxime groups is 1. The van der Waals surface area contributed by atoms with Crippen molar-refractivity contribution >= 4 is 11.5 Å². The molecule has 0 amide bonds. The first kappa shape index (κ1) is 7.25. The second-order valence-electron chi connectivity index (χ2n) is 2.42. The van der Waals surface area contributed by atoms with Gasteiger partial charge in [-0.15, -0.1) is 0 Å². The number of nitrogens with zero attached hydrogens (tertiary/aromatic N) is 1. The Balaban J connectivity index is 2.43. The molecule has 0 saturated heterocycles. The molecule has 1 heterocycles. The standard InChI is InChI=1S/C7H11NO2/c1-3-6-4-7(5(2)9)10-8-6/h7H,3-4H2,1-2H3/t7-/m0/s1. The minimum absolute atomic E-state index is 0.0622. The first-order valence-corrected chi connectivity index (χ1v) is 3.46. The second kappa shape index (κ2) is 2.82. The Morgan fingerprint density at radius 1 is 1.90 bits per heavy atom. The van der Waals surface area contributed by atoms with Gasteiger partial charge in [-0.3, -0.25) is 4.79 Å². The molecule has 56 valence electrons. The molecule has 3 nitrogen and oxygen atoms in total. The van der Waals surface area contributed by atoms with Crippen LogP contribution in [0.2, 0.25) is 0 Å². The van der Waals surface area contributed by atoms with E-state index in [2.05, 4.69) is 5.16 Å². The van der Waals surface area contributed by atoms with Crippen LogP contribution in [-0.2, 0) is 9.63 Å². The Kier molecular flexibility index (Phi) is 2.04. The van der Waals surface area contributed by atoms with Crippen molar-refractivity contribution in [2.45, 2.75) is 32.8 Å². The van der Waals surface area contributed by atoms with Crippen molar-refractivity contribution in [2.75, 3.05) is 0 Å². The molecule has 0 aromatic carbocycles. The van der Waals surface area contributed by atoms with Crippen LogP contribution in [0.1, 0.15) is 26.7 Å². The lowest BCUT2D eigenvalue weighted by molar-refractivity contribution is -0.126. The van der Waals surface area contributed by atoms with Crippen molar-refractivity contribution in [2.24, 2.45) is 5.16 Å². The molecule has 0 saturated carbocycles. The van der Waals surface area contributed by atoms with Gasteiger partial charge < -0.3 is 4.84 Å². The van der Waals surface area contributed by atoms with Crippen LogP contribution in [-0.4, -0.2) is 17.6 Å². The molecule has 1 aliphatic heterocycles. The molecule has 0 bridgehead atoms. The zero-order valence-electron chi connectivity index (χ0n) is 6.26. The highest BCUT2D eigenvalue weighted by Gasteiger charge is 2.23. The molecule has 0 unspecified atom stereocenters. The molecule has 0 aromatic rings. The summed E-state index contributed by atoms with van der Waals surface area (Å²) >= 11 is 0. The lowest BCUT2D eigenvalue weighted by atomic mass is 10.1. The van der Waals surface area contributed by atoms with Gasteiger partial charge >= 0.3 is 0 Å². The summed E-state index contributed by atoms with van der Waals surface area (Å²) in [5.74, 6) is 0.0622. The van der Waals surface area contributed by atoms with E-state index in [4.69, 9.17) is 4.84 Å². The highest BCUT2D eigenvalue weighted by Crippen LogP contribution is 2.12. The van der Waals surface area contributed by atoms with E-state index in [1.807, 2.05) is 6.92 Å². The maximum Gasteiger partial charge on any atom is 0.190 e. The SMILES string of the molecule is CCC1=NO[C@H](C(C)=O)C1. The quantitative estimate of drug-likeness (QED) is 0.578. The number of rotatable bonds is 2. The third-order valence-electron chi connectivity index (χ3n) is 1.59. The molecule has 0 N–H and O–H groups in total. The second-order valence-corrected chi connectivity index (χ2v) is 2.42. The predicted molar refractivity (Wildman–Crippen MR) is 37.9 cm³/mol. The van der Waals surface area contributed by atoms with Crippen LogP contribution in [0, 0.1) is 0 Å². The van der Waals surface area contributed by atoms with Crippen molar-refractivity contribution in [1.29, 1.82) is 0 Å². The van der Waals surface area contributed by atoms with Crippen molar-refractivity contribution in [3.05, 3.63) is 0 Å². The molecule has 0 fully saturated rings. The van der Waals surface area contributed by atoms with E-state index < -0.39 is 0 Å². The number of hydrogen-bond donors (Lipinski definition) is 0. The van der Waals surface area contributed by atoms with Gasteiger partial charge in [-0.1, -0.05) is 12.1 Å². The summed E-state index contributed by atoms with van der Waals surface area (Å²) in [6, 6.07) is 0. The van der Waals surface area contributed by atoms with Crippen LogP contribution in [0.25, 0.3) is 0 Å². The Morgan fingerprint density at radius 3 is 2.90 bits per heavy atom. The number of carbonyl (C=O) groups excluding carboxylic acids is 1. The first-order chi connectivity index (χ1) is 4.74. The fourth-order valence-corrected chi connectivity index (χ4v) is 0.854. The molecule has 10 heavy (non-hydrogen) atoms. The third kappa shape index (κ3) is 1.35.